The molecule has 0 radical (unpaired) electrons. The molecule has 1 aromatic carbocycles. The van der Waals surface area contributed by atoms with Crippen LogP contribution < -0.4 is 9.47 Å². The van der Waals surface area contributed by atoms with Gasteiger partial charge in [-0.15, -0.1) is 0 Å². The van der Waals surface area contributed by atoms with Gasteiger partial charge in [0, 0.05) is 26.1 Å². The van der Waals surface area contributed by atoms with Crippen molar-refractivity contribution < 1.29 is 28.2 Å². The van der Waals surface area contributed by atoms with Crippen molar-refractivity contribution in [3.63, 3.8) is 0 Å². The number of hydrogen-bond donors (Lipinski definition) is 0. The topological polar surface area (TPSA) is 81.5 Å². The van der Waals surface area contributed by atoms with E-state index in [1.807, 2.05) is 44.2 Å². The number of carbonyl (C=O) groups is 2. The highest BCUT2D eigenvalue weighted by Gasteiger charge is 2.27. The number of amides is 2. The molecule has 2 amide bonds. The molecule has 0 bridgehead atoms. The molecule has 178 valence electrons. The Labute approximate surface area is 194 Å². The van der Waals surface area contributed by atoms with Crippen molar-refractivity contribution >= 4 is 11.8 Å². The zero-order valence-electron chi connectivity index (χ0n) is 19.4. The van der Waals surface area contributed by atoms with Gasteiger partial charge in [0.1, 0.15) is 11.5 Å². The van der Waals surface area contributed by atoms with Gasteiger partial charge in [0.2, 0.25) is 18.6 Å². The van der Waals surface area contributed by atoms with E-state index in [4.69, 9.17) is 18.6 Å². The van der Waals surface area contributed by atoms with Gasteiger partial charge < -0.3 is 28.4 Å². The fourth-order valence-electron chi connectivity index (χ4n) is 4.17. The lowest BCUT2D eigenvalue weighted by Gasteiger charge is -2.29. The summed E-state index contributed by atoms with van der Waals surface area (Å²) >= 11 is 0. The molecule has 33 heavy (non-hydrogen) atoms. The lowest BCUT2D eigenvalue weighted by atomic mass is 10.1. The first kappa shape index (κ1) is 23.2. The minimum absolute atomic E-state index is 0.00589. The Kier molecular flexibility index (Phi) is 7.54. The number of furan rings is 1. The largest absolute Gasteiger partial charge is 0.464 e. The first-order chi connectivity index (χ1) is 16.0. The summed E-state index contributed by atoms with van der Waals surface area (Å²) in [6, 6.07) is 9.43. The maximum Gasteiger partial charge on any atom is 0.242 e. The number of rotatable bonds is 10. The van der Waals surface area contributed by atoms with Crippen LogP contribution in [-0.2, 0) is 27.4 Å². The van der Waals surface area contributed by atoms with E-state index < -0.39 is 0 Å². The first-order valence-electron chi connectivity index (χ1n) is 11.6. The highest BCUT2D eigenvalue weighted by Crippen LogP contribution is 2.33. The normalized spacial score (nSPS) is 16.7. The highest BCUT2D eigenvalue weighted by atomic mass is 16.7. The number of nitrogens with zero attached hydrogens (tertiary/aromatic N) is 2. The van der Waals surface area contributed by atoms with Crippen LogP contribution >= 0.6 is 0 Å². The third kappa shape index (κ3) is 6.07. The van der Waals surface area contributed by atoms with Crippen LogP contribution in [-0.4, -0.2) is 54.2 Å². The van der Waals surface area contributed by atoms with Crippen LogP contribution in [0.5, 0.6) is 11.5 Å². The molecule has 1 unspecified atom stereocenters. The predicted molar refractivity (Wildman–Crippen MR) is 121 cm³/mol. The van der Waals surface area contributed by atoms with Crippen molar-refractivity contribution in [1.82, 2.24) is 9.80 Å². The van der Waals surface area contributed by atoms with Crippen LogP contribution in [0, 0.1) is 6.92 Å². The summed E-state index contributed by atoms with van der Waals surface area (Å²) in [6.45, 7) is 5.90. The number of benzene rings is 1. The second-order valence-electron chi connectivity index (χ2n) is 8.61. The fraction of sp³-hybridized carbons (Fsp3) is 0.520. The van der Waals surface area contributed by atoms with Gasteiger partial charge >= 0.3 is 0 Å². The van der Waals surface area contributed by atoms with E-state index in [-0.39, 0.29) is 31.3 Å². The van der Waals surface area contributed by atoms with E-state index in [9.17, 15) is 9.59 Å². The van der Waals surface area contributed by atoms with Crippen molar-refractivity contribution in [3.05, 3.63) is 47.4 Å². The Hall–Kier alpha value is -3.00. The number of ether oxygens (including phenoxy) is 3. The molecule has 0 saturated carbocycles. The zero-order valence-corrected chi connectivity index (χ0v) is 19.4. The van der Waals surface area contributed by atoms with Gasteiger partial charge in [-0.05, 0) is 56.0 Å². The van der Waals surface area contributed by atoms with Gasteiger partial charge in [-0.3, -0.25) is 9.59 Å². The van der Waals surface area contributed by atoms with E-state index in [1.54, 1.807) is 9.80 Å². The SMILES string of the molecule is CCCC(=O)N(CC(=O)N(Cc1ccc2c(c1)OCO2)Cc1ccc(C)o1)CC1CCCO1. The second kappa shape index (κ2) is 10.7. The molecule has 1 atom stereocenters. The van der Waals surface area contributed by atoms with Crippen molar-refractivity contribution in [2.75, 3.05) is 26.5 Å². The average Bonchev–Trinajstić information content (AvgIpc) is 3.55. The Morgan fingerprint density at radius 2 is 1.88 bits per heavy atom. The molecular weight excluding hydrogens is 424 g/mol. The third-order valence-electron chi connectivity index (χ3n) is 5.90. The molecule has 0 spiro atoms. The van der Waals surface area contributed by atoms with Gasteiger partial charge in [0.25, 0.3) is 0 Å². The molecule has 1 fully saturated rings. The number of carbonyl (C=O) groups excluding carboxylic acids is 2. The van der Waals surface area contributed by atoms with Crippen LogP contribution in [0.25, 0.3) is 0 Å². The van der Waals surface area contributed by atoms with E-state index in [0.717, 1.165) is 30.6 Å². The lowest BCUT2D eigenvalue weighted by molar-refractivity contribution is -0.142. The van der Waals surface area contributed by atoms with Gasteiger partial charge in [-0.2, -0.15) is 0 Å². The van der Waals surface area contributed by atoms with Crippen molar-refractivity contribution in [2.24, 2.45) is 0 Å². The Balaban J connectivity index is 1.50. The molecule has 0 N–H and O–H groups in total. The Bertz CT molecular complexity index is 966. The molecule has 2 aliphatic rings. The summed E-state index contributed by atoms with van der Waals surface area (Å²) in [4.78, 5) is 29.6. The fourth-order valence-corrected chi connectivity index (χ4v) is 4.17. The molecule has 8 nitrogen and oxygen atoms in total. The molecule has 1 aromatic heterocycles. The smallest absolute Gasteiger partial charge is 0.242 e. The van der Waals surface area contributed by atoms with Gasteiger partial charge in [-0.25, -0.2) is 0 Å². The third-order valence-corrected chi connectivity index (χ3v) is 5.90. The number of fused-ring (bicyclic) bond motifs is 1. The minimum atomic E-state index is -0.135. The summed E-state index contributed by atoms with van der Waals surface area (Å²) in [5, 5.41) is 0. The van der Waals surface area contributed by atoms with Crippen molar-refractivity contribution in [1.29, 1.82) is 0 Å². The first-order valence-corrected chi connectivity index (χ1v) is 11.6. The van der Waals surface area contributed by atoms with Gasteiger partial charge in [0.05, 0.1) is 19.2 Å². The van der Waals surface area contributed by atoms with Gasteiger partial charge in [-0.1, -0.05) is 13.0 Å². The van der Waals surface area contributed by atoms with Crippen LogP contribution in [0.2, 0.25) is 0 Å². The van der Waals surface area contributed by atoms with E-state index in [1.165, 1.54) is 0 Å². The van der Waals surface area contributed by atoms with E-state index >= 15 is 0 Å². The van der Waals surface area contributed by atoms with Gasteiger partial charge in [0.15, 0.2) is 11.5 Å². The molecule has 3 heterocycles. The molecular formula is C25H32N2O6. The maximum atomic E-state index is 13.5. The second-order valence-corrected chi connectivity index (χ2v) is 8.61. The summed E-state index contributed by atoms with van der Waals surface area (Å²) < 4.78 is 22.4. The molecule has 2 aliphatic heterocycles. The standard InChI is InChI=1S/C25H32N2O6/c1-3-5-24(28)27(14-20-6-4-11-30-20)16-25(29)26(15-21-9-7-18(2)33-21)13-19-8-10-22-23(12-19)32-17-31-22/h7-10,12,20H,3-6,11,13-17H2,1-2H3. The summed E-state index contributed by atoms with van der Waals surface area (Å²) in [5.41, 5.74) is 0.918. The van der Waals surface area contributed by atoms with Crippen molar-refractivity contribution in [3.8, 4) is 11.5 Å². The molecule has 1 saturated heterocycles. The van der Waals surface area contributed by atoms with E-state index in [0.29, 0.717) is 49.9 Å². The molecule has 0 aliphatic carbocycles. The minimum Gasteiger partial charge on any atom is -0.464 e. The Morgan fingerprint density at radius 3 is 2.61 bits per heavy atom. The average molecular weight is 457 g/mol. The quantitative estimate of drug-likeness (QED) is 0.543. The Morgan fingerprint density at radius 1 is 1.03 bits per heavy atom. The van der Waals surface area contributed by atoms with Crippen LogP contribution in [0.15, 0.2) is 34.7 Å². The van der Waals surface area contributed by atoms with Crippen LogP contribution in [0.4, 0.5) is 0 Å². The number of hydrogen-bond acceptors (Lipinski definition) is 6. The van der Waals surface area contributed by atoms with Crippen LogP contribution in [0.1, 0.15) is 49.7 Å². The molecule has 2 aromatic rings. The van der Waals surface area contributed by atoms with E-state index in [2.05, 4.69) is 0 Å². The summed E-state index contributed by atoms with van der Waals surface area (Å²) in [6.07, 6.45) is 3.05. The van der Waals surface area contributed by atoms with Crippen molar-refractivity contribution in [2.45, 2.75) is 58.7 Å². The summed E-state index contributed by atoms with van der Waals surface area (Å²) in [5.74, 6) is 2.71. The number of aryl methyl sites for hydroxylation is 1. The molecule has 4 rings (SSSR count). The monoisotopic (exact) mass is 456 g/mol. The highest BCUT2D eigenvalue weighted by molar-refractivity contribution is 5.85. The predicted octanol–water partition coefficient (Wildman–Crippen LogP) is 3.65. The summed E-state index contributed by atoms with van der Waals surface area (Å²) in [7, 11) is 0. The molecule has 8 heteroatoms. The maximum absolute atomic E-state index is 13.5. The zero-order chi connectivity index (χ0) is 23.2. The lowest BCUT2D eigenvalue weighted by Crippen LogP contribution is -2.45. The van der Waals surface area contributed by atoms with Crippen LogP contribution in [0.3, 0.4) is 0 Å².